The molecule has 0 aliphatic carbocycles. The summed E-state index contributed by atoms with van der Waals surface area (Å²) in [6.07, 6.45) is 1.70. The number of carbonyl (C=O) groups is 1. The fourth-order valence-corrected chi connectivity index (χ4v) is 2.44. The topological polar surface area (TPSA) is 57.8 Å². The van der Waals surface area contributed by atoms with E-state index in [-0.39, 0.29) is 5.91 Å². The number of anilines is 1. The summed E-state index contributed by atoms with van der Waals surface area (Å²) in [4.78, 5) is 12.3. The standard InChI is InChI=1S/C15H11Cl2N3O/c1-8-4-12(17)14(6-11(8)16)19-15(21)9-2-3-10-7-18-20-13(10)5-9/h2-7H,1H3,(H,18,20)(H,19,21). The minimum Gasteiger partial charge on any atom is -0.321 e. The largest absolute Gasteiger partial charge is 0.321 e. The van der Waals surface area contributed by atoms with Crippen molar-refractivity contribution < 1.29 is 4.79 Å². The first-order valence-electron chi connectivity index (χ1n) is 6.25. The molecule has 21 heavy (non-hydrogen) atoms. The molecule has 0 aliphatic heterocycles. The van der Waals surface area contributed by atoms with Gasteiger partial charge in [-0.1, -0.05) is 29.3 Å². The second-order valence-electron chi connectivity index (χ2n) is 4.71. The van der Waals surface area contributed by atoms with E-state index < -0.39 is 0 Å². The van der Waals surface area contributed by atoms with Crippen LogP contribution in [0.25, 0.3) is 10.9 Å². The number of aromatic amines is 1. The molecule has 6 heteroatoms. The summed E-state index contributed by atoms with van der Waals surface area (Å²) in [5, 5.41) is 11.5. The molecule has 0 fully saturated rings. The number of amides is 1. The number of fused-ring (bicyclic) bond motifs is 1. The Kier molecular flexibility index (Phi) is 3.57. The maximum absolute atomic E-state index is 12.3. The maximum Gasteiger partial charge on any atom is 0.255 e. The molecule has 2 aromatic carbocycles. The van der Waals surface area contributed by atoms with Gasteiger partial charge in [-0.15, -0.1) is 0 Å². The van der Waals surface area contributed by atoms with E-state index in [1.165, 1.54) is 0 Å². The molecule has 0 radical (unpaired) electrons. The molecule has 0 spiro atoms. The quantitative estimate of drug-likeness (QED) is 0.734. The Hall–Kier alpha value is -2.04. The van der Waals surface area contributed by atoms with Crippen molar-refractivity contribution in [3.63, 3.8) is 0 Å². The lowest BCUT2D eigenvalue weighted by atomic mass is 10.1. The first-order valence-corrected chi connectivity index (χ1v) is 7.00. The number of nitrogens with one attached hydrogen (secondary N) is 2. The van der Waals surface area contributed by atoms with Gasteiger partial charge in [0, 0.05) is 16.0 Å². The highest BCUT2D eigenvalue weighted by Gasteiger charge is 2.11. The number of H-pyrrole nitrogens is 1. The first-order chi connectivity index (χ1) is 10.0. The van der Waals surface area contributed by atoms with Crippen molar-refractivity contribution in [2.45, 2.75) is 6.92 Å². The van der Waals surface area contributed by atoms with E-state index in [4.69, 9.17) is 23.2 Å². The van der Waals surface area contributed by atoms with Crippen LogP contribution in [0.2, 0.25) is 10.0 Å². The lowest BCUT2D eigenvalue weighted by Crippen LogP contribution is -2.12. The van der Waals surface area contributed by atoms with Crippen LogP contribution >= 0.6 is 23.2 Å². The van der Waals surface area contributed by atoms with E-state index >= 15 is 0 Å². The predicted octanol–water partition coefficient (Wildman–Crippen LogP) is 4.43. The van der Waals surface area contributed by atoms with Crippen LogP contribution in [0.5, 0.6) is 0 Å². The Bertz CT molecular complexity index is 842. The number of benzene rings is 2. The van der Waals surface area contributed by atoms with E-state index in [0.29, 0.717) is 21.3 Å². The van der Waals surface area contributed by atoms with Gasteiger partial charge in [0.2, 0.25) is 0 Å². The van der Waals surface area contributed by atoms with E-state index in [1.54, 1.807) is 30.5 Å². The van der Waals surface area contributed by atoms with Crippen LogP contribution in [0.15, 0.2) is 36.5 Å². The Morgan fingerprint density at radius 2 is 2.00 bits per heavy atom. The van der Waals surface area contributed by atoms with Crippen LogP contribution in [0.1, 0.15) is 15.9 Å². The van der Waals surface area contributed by atoms with E-state index in [9.17, 15) is 4.79 Å². The summed E-state index contributed by atoms with van der Waals surface area (Å²) in [7, 11) is 0. The lowest BCUT2D eigenvalue weighted by molar-refractivity contribution is 0.102. The van der Waals surface area contributed by atoms with Crippen LogP contribution in [0, 0.1) is 6.92 Å². The Labute approximate surface area is 131 Å². The van der Waals surface area contributed by atoms with E-state index in [0.717, 1.165) is 16.5 Å². The highest BCUT2D eigenvalue weighted by atomic mass is 35.5. The molecule has 0 saturated carbocycles. The highest BCUT2D eigenvalue weighted by molar-refractivity contribution is 6.36. The molecular weight excluding hydrogens is 309 g/mol. The van der Waals surface area contributed by atoms with Crippen molar-refractivity contribution in [3.05, 3.63) is 57.7 Å². The zero-order valence-electron chi connectivity index (χ0n) is 11.1. The minimum atomic E-state index is -0.256. The molecular formula is C15H11Cl2N3O. The number of aryl methyl sites for hydroxylation is 1. The molecule has 1 amide bonds. The number of carbonyl (C=O) groups excluding carboxylic acids is 1. The summed E-state index contributed by atoms with van der Waals surface area (Å²) >= 11 is 12.2. The number of nitrogens with zero attached hydrogens (tertiary/aromatic N) is 1. The lowest BCUT2D eigenvalue weighted by Gasteiger charge is -2.09. The predicted molar refractivity (Wildman–Crippen MR) is 85.2 cm³/mol. The Morgan fingerprint density at radius 3 is 2.81 bits per heavy atom. The van der Waals surface area contributed by atoms with E-state index in [1.807, 2.05) is 13.0 Å². The summed E-state index contributed by atoms with van der Waals surface area (Å²) < 4.78 is 0. The molecule has 1 heterocycles. The van der Waals surface area contributed by atoms with Crippen LogP contribution in [0.3, 0.4) is 0 Å². The molecule has 0 saturated heterocycles. The van der Waals surface area contributed by atoms with Crippen molar-refractivity contribution in [2.24, 2.45) is 0 Å². The van der Waals surface area contributed by atoms with Gasteiger partial charge < -0.3 is 5.32 Å². The number of halogens is 2. The minimum absolute atomic E-state index is 0.256. The van der Waals surface area contributed by atoms with Gasteiger partial charge in [0.25, 0.3) is 5.91 Å². The molecule has 0 aliphatic rings. The summed E-state index contributed by atoms with van der Waals surface area (Å²) in [5.74, 6) is -0.256. The van der Waals surface area contributed by atoms with Gasteiger partial charge in [-0.2, -0.15) is 5.10 Å². The van der Waals surface area contributed by atoms with Gasteiger partial charge in [-0.25, -0.2) is 0 Å². The molecule has 3 rings (SSSR count). The maximum atomic E-state index is 12.3. The molecule has 0 bridgehead atoms. The van der Waals surface area contributed by atoms with Crippen molar-refractivity contribution >= 4 is 45.7 Å². The number of aromatic nitrogens is 2. The number of rotatable bonds is 2. The van der Waals surface area contributed by atoms with Crippen molar-refractivity contribution in [1.29, 1.82) is 0 Å². The van der Waals surface area contributed by atoms with Crippen LogP contribution in [-0.4, -0.2) is 16.1 Å². The molecule has 4 nitrogen and oxygen atoms in total. The third-order valence-corrected chi connectivity index (χ3v) is 3.92. The van der Waals surface area contributed by atoms with Gasteiger partial charge in [-0.05, 0) is 36.8 Å². The second-order valence-corrected chi connectivity index (χ2v) is 5.52. The molecule has 106 valence electrons. The Morgan fingerprint density at radius 1 is 1.19 bits per heavy atom. The average Bonchev–Trinajstić information content (AvgIpc) is 2.92. The molecule has 2 N–H and O–H groups in total. The molecule has 0 atom stereocenters. The molecule has 3 aromatic rings. The molecule has 0 unspecified atom stereocenters. The monoisotopic (exact) mass is 319 g/mol. The van der Waals surface area contributed by atoms with Gasteiger partial charge in [0.15, 0.2) is 0 Å². The van der Waals surface area contributed by atoms with Crippen LogP contribution in [-0.2, 0) is 0 Å². The van der Waals surface area contributed by atoms with Gasteiger partial charge in [0.05, 0.1) is 22.4 Å². The normalized spacial score (nSPS) is 10.8. The first kappa shape index (κ1) is 13.9. The van der Waals surface area contributed by atoms with Crippen LogP contribution < -0.4 is 5.32 Å². The Balaban J connectivity index is 1.90. The third-order valence-electron chi connectivity index (χ3n) is 3.20. The van der Waals surface area contributed by atoms with Crippen molar-refractivity contribution in [2.75, 3.05) is 5.32 Å². The molecule has 1 aromatic heterocycles. The number of hydrogen-bond donors (Lipinski definition) is 2. The SMILES string of the molecule is Cc1cc(Cl)c(NC(=O)c2ccc3cn[nH]c3c2)cc1Cl. The smallest absolute Gasteiger partial charge is 0.255 e. The second kappa shape index (κ2) is 5.39. The van der Waals surface area contributed by atoms with Crippen molar-refractivity contribution in [1.82, 2.24) is 10.2 Å². The summed E-state index contributed by atoms with van der Waals surface area (Å²) in [5.41, 5.74) is 2.66. The number of hydrogen-bond acceptors (Lipinski definition) is 2. The van der Waals surface area contributed by atoms with Crippen LogP contribution in [0.4, 0.5) is 5.69 Å². The van der Waals surface area contributed by atoms with Gasteiger partial charge in [0.1, 0.15) is 0 Å². The fourth-order valence-electron chi connectivity index (χ4n) is 2.01. The summed E-state index contributed by atoms with van der Waals surface area (Å²) in [6.45, 7) is 1.85. The zero-order chi connectivity index (χ0) is 15.0. The third kappa shape index (κ3) is 2.73. The summed E-state index contributed by atoms with van der Waals surface area (Å²) in [6, 6.07) is 8.67. The average molecular weight is 320 g/mol. The van der Waals surface area contributed by atoms with E-state index in [2.05, 4.69) is 15.5 Å². The van der Waals surface area contributed by atoms with Gasteiger partial charge in [-0.3, -0.25) is 9.89 Å². The fraction of sp³-hybridized carbons (Fsp3) is 0.0667. The van der Waals surface area contributed by atoms with Crippen molar-refractivity contribution in [3.8, 4) is 0 Å². The zero-order valence-corrected chi connectivity index (χ0v) is 12.6. The van der Waals surface area contributed by atoms with Gasteiger partial charge >= 0.3 is 0 Å². The highest BCUT2D eigenvalue weighted by Crippen LogP contribution is 2.29.